The maximum Gasteiger partial charge on any atom is 0.387 e. The fraction of sp³-hybridized carbons (Fsp3) is 0.286. The highest BCUT2D eigenvalue weighted by atomic mass is 19.3. The van der Waals surface area contributed by atoms with Crippen LogP contribution >= 0.6 is 0 Å². The molecule has 1 aromatic heterocycles. The Hall–Kier alpha value is -1.19. The molecule has 0 bridgehead atoms. The Morgan fingerprint density at radius 2 is 2.36 bits per heavy atom. The Kier molecular flexibility index (Phi) is 2.36. The minimum atomic E-state index is -2.81. The van der Waals surface area contributed by atoms with E-state index in [1.807, 2.05) is 0 Å². The van der Waals surface area contributed by atoms with Crippen molar-refractivity contribution in [3.8, 4) is 5.75 Å². The van der Waals surface area contributed by atoms with Crippen molar-refractivity contribution in [2.24, 2.45) is 0 Å². The molecule has 11 heavy (non-hydrogen) atoms. The zero-order valence-electron chi connectivity index (χ0n) is 5.84. The first-order valence-corrected chi connectivity index (χ1v) is 2.98. The van der Waals surface area contributed by atoms with Crippen molar-refractivity contribution in [2.45, 2.75) is 13.5 Å². The lowest BCUT2D eigenvalue weighted by Gasteiger charge is -2.04. The molecule has 1 heterocycles. The lowest BCUT2D eigenvalue weighted by molar-refractivity contribution is -0.0507. The third kappa shape index (κ3) is 2.14. The molecule has 0 atom stereocenters. The van der Waals surface area contributed by atoms with E-state index >= 15 is 0 Å². The molecule has 0 aliphatic rings. The third-order valence-corrected chi connectivity index (χ3v) is 1.13. The highest BCUT2D eigenvalue weighted by molar-refractivity contribution is 5.26. The molecule has 0 aromatic carbocycles. The second-order valence-corrected chi connectivity index (χ2v) is 1.95. The maximum atomic E-state index is 11.6. The topological polar surface area (TPSA) is 22.1 Å². The van der Waals surface area contributed by atoms with Gasteiger partial charge in [-0.3, -0.25) is 4.98 Å². The number of halogens is 2. The Morgan fingerprint density at radius 3 is 2.91 bits per heavy atom. The molecule has 1 aromatic rings. The van der Waals surface area contributed by atoms with E-state index in [1.165, 1.54) is 6.20 Å². The fourth-order valence-corrected chi connectivity index (χ4v) is 0.617. The smallest absolute Gasteiger partial charge is 0.387 e. The van der Waals surface area contributed by atoms with Crippen molar-refractivity contribution in [3.05, 3.63) is 24.0 Å². The van der Waals surface area contributed by atoms with E-state index in [9.17, 15) is 8.78 Å². The van der Waals surface area contributed by atoms with Crippen LogP contribution in [-0.4, -0.2) is 11.6 Å². The van der Waals surface area contributed by atoms with Gasteiger partial charge in [0.2, 0.25) is 0 Å². The van der Waals surface area contributed by atoms with E-state index in [1.54, 1.807) is 13.0 Å². The van der Waals surface area contributed by atoms with Crippen LogP contribution in [-0.2, 0) is 0 Å². The molecule has 2 nitrogen and oxygen atoms in total. The normalized spacial score (nSPS) is 10.2. The molecule has 0 unspecified atom stereocenters. The molecular formula is C7H6F2NO. The van der Waals surface area contributed by atoms with Crippen LogP contribution in [0.1, 0.15) is 5.56 Å². The minimum Gasteiger partial charge on any atom is -0.432 e. The van der Waals surface area contributed by atoms with Crippen molar-refractivity contribution in [1.29, 1.82) is 0 Å². The van der Waals surface area contributed by atoms with E-state index in [4.69, 9.17) is 0 Å². The number of aryl methyl sites for hydroxylation is 1. The fourth-order valence-electron chi connectivity index (χ4n) is 0.617. The summed E-state index contributed by atoms with van der Waals surface area (Å²) < 4.78 is 27.4. The van der Waals surface area contributed by atoms with E-state index in [0.717, 1.165) is 0 Å². The predicted octanol–water partition coefficient (Wildman–Crippen LogP) is 1.79. The van der Waals surface area contributed by atoms with Gasteiger partial charge in [-0.15, -0.1) is 0 Å². The molecule has 0 fully saturated rings. The SMILES string of the molecule is Cc1ccn[c]c1OC(F)F. The second-order valence-electron chi connectivity index (χ2n) is 1.95. The predicted molar refractivity (Wildman–Crippen MR) is 34.4 cm³/mol. The average molecular weight is 158 g/mol. The van der Waals surface area contributed by atoms with Gasteiger partial charge < -0.3 is 4.74 Å². The first-order valence-electron chi connectivity index (χ1n) is 2.98. The summed E-state index contributed by atoms with van der Waals surface area (Å²) in [6.07, 6.45) is 3.78. The van der Waals surface area contributed by atoms with Gasteiger partial charge in [0.25, 0.3) is 0 Å². The first kappa shape index (κ1) is 7.91. The Morgan fingerprint density at radius 1 is 1.64 bits per heavy atom. The number of rotatable bonds is 2. The van der Waals surface area contributed by atoms with Crippen LogP contribution in [0.4, 0.5) is 8.78 Å². The van der Waals surface area contributed by atoms with Gasteiger partial charge in [0.15, 0.2) is 5.75 Å². The molecule has 0 amide bonds. The van der Waals surface area contributed by atoms with E-state index < -0.39 is 6.61 Å². The number of alkyl halides is 2. The second kappa shape index (κ2) is 3.27. The van der Waals surface area contributed by atoms with Crippen molar-refractivity contribution in [3.63, 3.8) is 0 Å². The molecule has 0 N–H and O–H groups in total. The van der Waals surface area contributed by atoms with E-state index in [2.05, 4.69) is 15.9 Å². The zero-order chi connectivity index (χ0) is 8.27. The van der Waals surface area contributed by atoms with E-state index in [0.29, 0.717) is 5.56 Å². The van der Waals surface area contributed by atoms with Gasteiger partial charge in [0, 0.05) is 6.20 Å². The summed E-state index contributed by atoms with van der Waals surface area (Å²) in [6, 6.07) is 1.58. The zero-order valence-corrected chi connectivity index (χ0v) is 5.84. The lowest BCUT2D eigenvalue weighted by Crippen LogP contribution is -2.03. The Labute approximate surface area is 62.8 Å². The average Bonchev–Trinajstić information content (AvgIpc) is 1.93. The standard InChI is InChI=1S/C7H6F2NO/c1-5-2-3-10-4-6(5)11-7(8)9/h2-3,7H,1H3. The van der Waals surface area contributed by atoms with Crippen LogP contribution in [0.15, 0.2) is 12.3 Å². The van der Waals surface area contributed by atoms with Gasteiger partial charge in [-0.05, 0) is 18.6 Å². The Bertz CT molecular complexity index is 240. The summed E-state index contributed by atoms with van der Waals surface area (Å²) in [7, 11) is 0. The molecule has 0 aliphatic carbocycles. The number of aromatic nitrogens is 1. The van der Waals surface area contributed by atoms with Crippen LogP contribution in [0, 0.1) is 13.1 Å². The van der Waals surface area contributed by atoms with Gasteiger partial charge in [-0.1, -0.05) is 0 Å². The lowest BCUT2D eigenvalue weighted by atomic mass is 10.3. The largest absolute Gasteiger partial charge is 0.432 e. The molecule has 0 saturated heterocycles. The van der Waals surface area contributed by atoms with Gasteiger partial charge in [0.1, 0.15) is 6.20 Å². The summed E-state index contributed by atoms with van der Waals surface area (Å²) in [4.78, 5) is 3.52. The Balaban J connectivity index is 2.78. The quantitative estimate of drug-likeness (QED) is 0.654. The number of ether oxygens (including phenoxy) is 1. The molecule has 0 saturated carbocycles. The van der Waals surface area contributed by atoms with Crippen LogP contribution in [0.25, 0.3) is 0 Å². The summed E-state index contributed by atoms with van der Waals surface area (Å²) in [6.45, 7) is -1.16. The molecule has 1 rings (SSSR count). The van der Waals surface area contributed by atoms with Crippen molar-refractivity contribution < 1.29 is 13.5 Å². The minimum absolute atomic E-state index is 0.00231. The highest BCUT2D eigenvalue weighted by Crippen LogP contribution is 2.15. The van der Waals surface area contributed by atoms with Gasteiger partial charge in [-0.2, -0.15) is 8.78 Å². The molecular weight excluding hydrogens is 152 g/mol. The molecule has 0 spiro atoms. The molecule has 59 valence electrons. The summed E-state index contributed by atoms with van der Waals surface area (Å²) >= 11 is 0. The number of pyridine rings is 1. The van der Waals surface area contributed by atoms with Crippen molar-refractivity contribution in [1.82, 2.24) is 4.98 Å². The van der Waals surface area contributed by atoms with Crippen LogP contribution < -0.4 is 4.74 Å². The summed E-state index contributed by atoms with van der Waals surface area (Å²) in [5, 5.41) is 0. The highest BCUT2D eigenvalue weighted by Gasteiger charge is 2.06. The van der Waals surface area contributed by atoms with Gasteiger partial charge in [-0.25, -0.2) is 0 Å². The van der Waals surface area contributed by atoms with Crippen LogP contribution in [0.3, 0.4) is 0 Å². The van der Waals surface area contributed by atoms with Crippen LogP contribution in [0.2, 0.25) is 0 Å². The molecule has 4 heteroatoms. The number of hydrogen-bond acceptors (Lipinski definition) is 2. The molecule has 1 radical (unpaired) electrons. The number of hydrogen-bond donors (Lipinski definition) is 0. The van der Waals surface area contributed by atoms with Gasteiger partial charge in [0.05, 0.1) is 0 Å². The van der Waals surface area contributed by atoms with Crippen molar-refractivity contribution >= 4 is 0 Å². The van der Waals surface area contributed by atoms with E-state index in [-0.39, 0.29) is 5.75 Å². The molecule has 0 aliphatic heterocycles. The summed E-state index contributed by atoms with van der Waals surface area (Å²) in [5.41, 5.74) is 0.598. The third-order valence-electron chi connectivity index (χ3n) is 1.13. The maximum absolute atomic E-state index is 11.6. The summed E-state index contributed by atoms with van der Waals surface area (Å²) in [5.74, 6) is 0.00231. The van der Waals surface area contributed by atoms with Crippen LogP contribution in [0.5, 0.6) is 5.75 Å². The number of nitrogens with zero attached hydrogens (tertiary/aromatic N) is 1. The first-order chi connectivity index (χ1) is 5.20. The van der Waals surface area contributed by atoms with Gasteiger partial charge >= 0.3 is 6.61 Å². The van der Waals surface area contributed by atoms with Crippen molar-refractivity contribution in [2.75, 3.05) is 0 Å². The monoisotopic (exact) mass is 158 g/mol.